The minimum atomic E-state index is -0.0511. The van der Waals surface area contributed by atoms with Crippen molar-refractivity contribution in [2.75, 3.05) is 0 Å². The fourth-order valence-electron chi connectivity index (χ4n) is 1.89. The number of benzene rings is 1. The highest BCUT2D eigenvalue weighted by atomic mass is 16.2. The molecule has 110 valence electrons. The smallest absolute Gasteiger partial charge is 0.220 e. The molecule has 1 amide bonds. The van der Waals surface area contributed by atoms with E-state index < -0.39 is 0 Å². The molecule has 3 heteroatoms. The van der Waals surface area contributed by atoms with Gasteiger partial charge in [0.25, 0.3) is 0 Å². The maximum absolute atomic E-state index is 12.2. The highest BCUT2D eigenvalue weighted by Crippen LogP contribution is 2.14. The number of Topliss-reactive ketones (excluding diaryl/α,β-unsaturated/α-hetero) is 1. The van der Waals surface area contributed by atoms with Crippen LogP contribution in [0.3, 0.4) is 0 Å². The molecule has 1 unspecified atom stereocenters. The van der Waals surface area contributed by atoms with Crippen LogP contribution < -0.4 is 5.32 Å². The van der Waals surface area contributed by atoms with Gasteiger partial charge in [-0.2, -0.15) is 0 Å². The van der Waals surface area contributed by atoms with Crippen LogP contribution in [-0.4, -0.2) is 17.7 Å². The molecule has 1 rings (SSSR count). The van der Waals surface area contributed by atoms with Crippen LogP contribution in [0.2, 0.25) is 0 Å². The zero-order chi connectivity index (χ0) is 15.3. The fourth-order valence-corrected chi connectivity index (χ4v) is 1.89. The number of hydrogen-bond donors (Lipinski definition) is 1. The van der Waals surface area contributed by atoms with Gasteiger partial charge in [-0.05, 0) is 38.3 Å². The van der Waals surface area contributed by atoms with Crippen molar-refractivity contribution >= 4 is 11.7 Å². The Hall–Kier alpha value is -1.64. The first-order valence-electron chi connectivity index (χ1n) is 7.21. The molecule has 0 spiro atoms. The Morgan fingerprint density at radius 3 is 2.35 bits per heavy atom. The molecule has 0 radical (unpaired) electrons. The van der Waals surface area contributed by atoms with Gasteiger partial charge in [0.15, 0.2) is 5.78 Å². The minimum absolute atomic E-state index is 0.0403. The molecule has 1 aromatic carbocycles. The van der Waals surface area contributed by atoms with Crippen molar-refractivity contribution in [2.45, 2.75) is 53.5 Å². The lowest BCUT2D eigenvalue weighted by molar-refractivity contribution is -0.121. The Balaban J connectivity index is 2.55. The number of carbonyl (C=O) groups is 2. The first-order valence-corrected chi connectivity index (χ1v) is 7.21. The van der Waals surface area contributed by atoms with Gasteiger partial charge in [0.2, 0.25) is 5.91 Å². The lowest BCUT2D eigenvalue weighted by atomic mass is 9.99. The number of rotatable bonds is 6. The van der Waals surface area contributed by atoms with Crippen LogP contribution in [0.25, 0.3) is 0 Å². The fraction of sp³-hybridized carbons (Fsp3) is 0.529. The van der Waals surface area contributed by atoms with Crippen molar-refractivity contribution in [3.63, 3.8) is 0 Å². The van der Waals surface area contributed by atoms with Gasteiger partial charge in [0.05, 0.1) is 0 Å². The average Bonchev–Trinajstić information content (AvgIpc) is 2.38. The number of carbonyl (C=O) groups excluding carboxylic acids is 2. The highest BCUT2D eigenvalue weighted by Gasteiger charge is 2.14. The molecular formula is C17H25NO2. The van der Waals surface area contributed by atoms with E-state index in [4.69, 9.17) is 0 Å². The second-order valence-electron chi connectivity index (χ2n) is 5.84. The van der Waals surface area contributed by atoms with Gasteiger partial charge in [-0.25, -0.2) is 0 Å². The number of amides is 1. The monoisotopic (exact) mass is 275 g/mol. The lowest BCUT2D eigenvalue weighted by Gasteiger charge is -2.17. The van der Waals surface area contributed by atoms with E-state index in [2.05, 4.69) is 19.2 Å². The largest absolute Gasteiger partial charge is 0.353 e. The summed E-state index contributed by atoms with van der Waals surface area (Å²) in [6, 6.07) is 5.97. The Kier molecular flexibility index (Phi) is 5.93. The lowest BCUT2D eigenvalue weighted by Crippen LogP contribution is -2.36. The van der Waals surface area contributed by atoms with E-state index in [1.165, 1.54) is 0 Å². The number of nitrogens with one attached hydrogen (secondary N) is 1. The molecule has 0 saturated heterocycles. The topological polar surface area (TPSA) is 46.2 Å². The third kappa shape index (κ3) is 4.80. The maximum Gasteiger partial charge on any atom is 0.220 e. The number of ketones is 1. The summed E-state index contributed by atoms with van der Waals surface area (Å²) in [5.74, 6) is 0.386. The van der Waals surface area contributed by atoms with Gasteiger partial charge >= 0.3 is 0 Å². The van der Waals surface area contributed by atoms with Crippen LogP contribution in [0, 0.1) is 19.8 Å². The summed E-state index contributed by atoms with van der Waals surface area (Å²) in [5, 5.41) is 2.92. The first kappa shape index (κ1) is 16.4. The summed E-state index contributed by atoms with van der Waals surface area (Å²) >= 11 is 0. The van der Waals surface area contributed by atoms with Crippen LogP contribution in [-0.2, 0) is 4.79 Å². The van der Waals surface area contributed by atoms with Gasteiger partial charge in [0.1, 0.15) is 0 Å². The van der Waals surface area contributed by atoms with E-state index >= 15 is 0 Å². The van der Waals surface area contributed by atoms with Crippen LogP contribution in [0.15, 0.2) is 18.2 Å². The van der Waals surface area contributed by atoms with Crippen LogP contribution in [0.1, 0.15) is 55.1 Å². The van der Waals surface area contributed by atoms with E-state index in [9.17, 15) is 9.59 Å². The van der Waals surface area contributed by atoms with Crippen LogP contribution in [0.4, 0.5) is 0 Å². The first-order chi connectivity index (χ1) is 9.31. The summed E-state index contributed by atoms with van der Waals surface area (Å²) in [4.78, 5) is 23.9. The molecule has 0 aliphatic rings. The predicted molar refractivity (Wildman–Crippen MR) is 81.9 cm³/mol. The molecule has 0 aliphatic heterocycles. The molecular weight excluding hydrogens is 250 g/mol. The molecule has 0 aromatic heterocycles. The molecule has 1 aromatic rings. The predicted octanol–water partition coefficient (Wildman–Crippen LogP) is 3.43. The maximum atomic E-state index is 12.2. The van der Waals surface area contributed by atoms with Gasteiger partial charge in [0, 0.05) is 24.4 Å². The second kappa shape index (κ2) is 7.22. The van der Waals surface area contributed by atoms with E-state index in [1.54, 1.807) is 0 Å². The standard InChI is InChI=1S/C17H25NO2/c1-11(2)14(5)18-17(20)9-8-16(19)15-10-12(3)6-7-13(15)4/h6-7,10-11,14H,8-9H2,1-5H3,(H,18,20). The van der Waals surface area contributed by atoms with E-state index in [0.29, 0.717) is 5.92 Å². The van der Waals surface area contributed by atoms with Gasteiger partial charge in [-0.3, -0.25) is 9.59 Å². The van der Waals surface area contributed by atoms with Gasteiger partial charge in [-0.15, -0.1) is 0 Å². The van der Waals surface area contributed by atoms with E-state index in [-0.39, 0.29) is 30.6 Å². The summed E-state index contributed by atoms with van der Waals surface area (Å²) in [6.45, 7) is 9.99. The van der Waals surface area contributed by atoms with Crippen molar-refractivity contribution in [1.29, 1.82) is 0 Å². The molecule has 0 fully saturated rings. The Labute approximate surface area is 121 Å². The van der Waals surface area contributed by atoms with Crippen molar-refractivity contribution < 1.29 is 9.59 Å². The molecule has 1 N–H and O–H groups in total. The molecule has 1 atom stereocenters. The molecule has 0 heterocycles. The van der Waals surface area contributed by atoms with Crippen molar-refractivity contribution in [3.8, 4) is 0 Å². The Morgan fingerprint density at radius 1 is 1.10 bits per heavy atom. The zero-order valence-corrected chi connectivity index (χ0v) is 13.1. The van der Waals surface area contributed by atoms with Crippen molar-refractivity contribution in [2.24, 2.45) is 5.92 Å². The number of aryl methyl sites for hydroxylation is 2. The molecule has 3 nitrogen and oxygen atoms in total. The zero-order valence-electron chi connectivity index (χ0n) is 13.1. The quantitative estimate of drug-likeness (QED) is 0.808. The molecule has 0 bridgehead atoms. The number of hydrogen-bond acceptors (Lipinski definition) is 2. The highest BCUT2D eigenvalue weighted by molar-refractivity contribution is 5.99. The SMILES string of the molecule is Cc1ccc(C)c(C(=O)CCC(=O)NC(C)C(C)C)c1. The molecule has 0 saturated carbocycles. The third-order valence-corrected chi connectivity index (χ3v) is 3.66. The van der Waals surface area contributed by atoms with E-state index in [1.807, 2.05) is 39.0 Å². The normalized spacial score (nSPS) is 12.3. The van der Waals surface area contributed by atoms with Crippen LogP contribution >= 0.6 is 0 Å². The van der Waals surface area contributed by atoms with Gasteiger partial charge in [-0.1, -0.05) is 31.5 Å². The van der Waals surface area contributed by atoms with E-state index in [0.717, 1.165) is 16.7 Å². The Morgan fingerprint density at radius 2 is 1.75 bits per heavy atom. The Bertz CT molecular complexity index is 492. The van der Waals surface area contributed by atoms with Crippen LogP contribution in [0.5, 0.6) is 0 Å². The van der Waals surface area contributed by atoms with Crippen molar-refractivity contribution in [1.82, 2.24) is 5.32 Å². The average molecular weight is 275 g/mol. The minimum Gasteiger partial charge on any atom is -0.353 e. The van der Waals surface area contributed by atoms with Gasteiger partial charge < -0.3 is 5.32 Å². The summed E-state index contributed by atoms with van der Waals surface area (Å²) in [7, 11) is 0. The molecule has 20 heavy (non-hydrogen) atoms. The third-order valence-electron chi connectivity index (χ3n) is 3.66. The molecule has 0 aliphatic carbocycles. The van der Waals surface area contributed by atoms with Crippen molar-refractivity contribution in [3.05, 3.63) is 34.9 Å². The summed E-state index contributed by atoms with van der Waals surface area (Å²) in [5.41, 5.74) is 2.77. The summed E-state index contributed by atoms with van der Waals surface area (Å²) in [6.07, 6.45) is 0.518. The summed E-state index contributed by atoms with van der Waals surface area (Å²) < 4.78 is 0. The second-order valence-corrected chi connectivity index (χ2v) is 5.84.